The van der Waals surface area contributed by atoms with Gasteiger partial charge < -0.3 is 20.3 Å². The molecule has 0 radical (unpaired) electrons. The number of amides is 1. The third-order valence-electron chi connectivity index (χ3n) is 5.74. The van der Waals surface area contributed by atoms with Crippen molar-refractivity contribution in [2.24, 2.45) is 12.0 Å². The van der Waals surface area contributed by atoms with Crippen LogP contribution in [0, 0.1) is 13.8 Å². The van der Waals surface area contributed by atoms with Crippen molar-refractivity contribution in [3.8, 4) is 0 Å². The van der Waals surface area contributed by atoms with Gasteiger partial charge in [0.2, 0.25) is 0 Å². The predicted molar refractivity (Wildman–Crippen MR) is 145 cm³/mol. The SMILES string of the molecule is CN=C(NCCCN1CCN(C(=O)OC(C)(C)C)CC1)NC(C)Cc1c(C)nn(C)c1C.I. The molecule has 0 aliphatic carbocycles. The number of piperazine rings is 1. The first-order chi connectivity index (χ1) is 15.0. The number of aromatic nitrogens is 2. The van der Waals surface area contributed by atoms with E-state index >= 15 is 0 Å². The van der Waals surface area contributed by atoms with E-state index in [2.05, 4.69) is 46.4 Å². The normalized spacial score (nSPS) is 16.2. The molecule has 10 heteroatoms. The van der Waals surface area contributed by atoms with E-state index in [4.69, 9.17) is 4.74 Å². The molecule has 1 aliphatic heterocycles. The first-order valence-electron chi connectivity index (χ1n) is 11.7. The van der Waals surface area contributed by atoms with Gasteiger partial charge in [0, 0.05) is 58.6 Å². The van der Waals surface area contributed by atoms with Crippen molar-refractivity contribution < 1.29 is 9.53 Å². The Labute approximate surface area is 216 Å². The van der Waals surface area contributed by atoms with E-state index in [1.54, 1.807) is 11.9 Å². The lowest BCUT2D eigenvalue weighted by Gasteiger charge is -2.35. The van der Waals surface area contributed by atoms with Gasteiger partial charge in [0.15, 0.2) is 5.96 Å². The number of guanidine groups is 1. The number of nitrogens with zero attached hydrogens (tertiary/aromatic N) is 5. The summed E-state index contributed by atoms with van der Waals surface area (Å²) in [5.74, 6) is 0.825. The topological polar surface area (TPSA) is 87.0 Å². The fourth-order valence-corrected chi connectivity index (χ4v) is 3.89. The molecule has 1 saturated heterocycles. The number of aliphatic imine (C=N–C) groups is 1. The Balaban J connectivity index is 0.00000544. The summed E-state index contributed by atoms with van der Waals surface area (Å²) < 4.78 is 7.41. The molecule has 33 heavy (non-hydrogen) atoms. The van der Waals surface area contributed by atoms with Crippen LogP contribution in [0.25, 0.3) is 0 Å². The van der Waals surface area contributed by atoms with Gasteiger partial charge in [-0.25, -0.2) is 4.79 Å². The number of halogens is 1. The Hall–Kier alpha value is -1.56. The van der Waals surface area contributed by atoms with Crippen molar-refractivity contribution in [2.75, 3.05) is 46.3 Å². The van der Waals surface area contributed by atoms with E-state index in [0.29, 0.717) is 0 Å². The van der Waals surface area contributed by atoms with Crippen molar-refractivity contribution in [1.82, 2.24) is 30.2 Å². The molecule has 0 saturated carbocycles. The largest absolute Gasteiger partial charge is 0.444 e. The van der Waals surface area contributed by atoms with Crippen LogP contribution in [0.4, 0.5) is 4.79 Å². The van der Waals surface area contributed by atoms with Crippen LogP contribution >= 0.6 is 24.0 Å². The van der Waals surface area contributed by atoms with Gasteiger partial charge in [-0.1, -0.05) is 0 Å². The second-order valence-electron chi connectivity index (χ2n) is 9.68. The zero-order valence-corrected chi connectivity index (χ0v) is 24.0. The van der Waals surface area contributed by atoms with Gasteiger partial charge in [0.25, 0.3) is 0 Å². The maximum atomic E-state index is 12.2. The second kappa shape index (κ2) is 13.4. The summed E-state index contributed by atoms with van der Waals surface area (Å²) in [6.45, 7) is 17.1. The Morgan fingerprint density at radius 2 is 1.85 bits per heavy atom. The van der Waals surface area contributed by atoms with Gasteiger partial charge in [-0.15, -0.1) is 24.0 Å². The van der Waals surface area contributed by atoms with Gasteiger partial charge in [0.1, 0.15) is 5.60 Å². The average Bonchev–Trinajstić information content (AvgIpc) is 2.95. The molecule has 0 bridgehead atoms. The Kier molecular flexibility index (Phi) is 11.9. The van der Waals surface area contributed by atoms with Crippen LogP contribution in [-0.2, 0) is 18.2 Å². The molecule has 0 spiro atoms. The van der Waals surface area contributed by atoms with Gasteiger partial charge in [-0.3, -0.25) is 14.6 Å². The van der Waals surface area contributed by atoms with Crippen LogP contribution in [0.15, 0.2) is 4.99 Å². The van der Waals surface area contributed by atoms with Crippen LogP contribution in [0.5, 0.6) is 0 Å². The predicted octanol–water partition coefficient (Wildman–Crippen LogP) is 2.69. The highest BCUT2D eigenvalue weighted by Crippen LogP contribution is 2.14. The molecule has 9 nitrogen and oxygen atoms in total. The number of nitrogens with one attached hydrogen (secondary N) is 2. The fourth-order valence-electron chi connectivity index (χ4n) is 3.89. The molecule has 0 aromatic carbocycles. The van der Waals surface area contributed by atoms with E-state index in [-0.39, 0.29) is 36.1 Å². The summed E-state index contributed by atoms with van der Waals surface area (Å²) >= 11 is 0. The van der Waals surface area contributed by atoms with Crippen LogP contribution < -0.4 is 10.6 Å². The number of hydrogen-bond acceptors (Lipinski definition) is 5. The van der Waals surface area contributed by atoms with E-state index in [9.17, 15) is 4.79 Å². The van der Waals surface area contributed by atoms with Gasteiger partial charge >= 0.3 is 6.09 Å². The number of hydrogen-bond donors (Lipinski definition) is 2. The summed E-state index contributed by atoms with van der Waals surface area (Å²) in [6, 6.07) is 0.253. The standard InChI is InChI=1S/C23H43N7O2.HI/c1-17(16-20-18(2)27-28(8)19(20)3)26-21(24-7)25-10-9-11-29-12-14-30(15-13-29)22(31)32-23(4,5)6;/h17H,9-16H2,1-8H3,(H2,24,25,26);1H. The third-order valence-corrected chi connectivity index (χ3v) is 5.74. The second-order valence-corrected chi connectivity index (χ2v) is 9.68. The molecule has 1 atom stereocenters. The maximum absolute atomic E-state index is 12.2. The van der Waals surface area contributed by atoms with E-state index in [1.807, 2.05) is 32.5 Å². The number of aryl methyl sites for hydroxylation is 2. The lowest BCUT2D eigenvalue weighted by molar-refractivity contribution is 0.0145. The molecule has 2 rings (SSSR count). The van der Waals surface area contributed by atoms with Gasteiger partial charge in [0.05, 0.1) is 5.69 Å². The molecule has 1 fully saturated rings. The summed E-state index contributed by atoms with van der Waals surface area (Å²) in [5.41, 5.74) is 3.16. The molecule has 2 N–H and O–H groups in total. The van der Waals surface area contributed by atoms with E-state index < -0.39 is 5.60 Å². The number of carbonyl (C=O) groups excluding carboxylic acids is 1. The van der Waals surface area contributed by atoms with E-state index in [0.717, 1.165) is 63.8 Å². The lowest BCUT2D eigenvalue weighted by atomic mass is 10.1. The Morgan fingerprint density at radius 1 is 1.21 bits per heavy atom. The molecule has 1 unspecified atom stereocenters. The fraction of sp³-hybridized carbons (Fsp3) is 0.783. The summed E-state index contributed by atoms with van der Waals surface area (Å²) in [6.07, 6.45) is 1.72. The van der Waals surface area contributed by atoms with Crippen LogP contribution in [-0.4, -0.2) is 89.6 Å². The summed E-state index contributed by atoms with van der Waals surface area (Å²) in [7, 11) is 3.79. The average molecular weight is 578 g/mol. The lowest BCUT2D eigenvalue weighted by Crippen LogP contribution is -2.50. The summed E-state index contributed by atoms with van der Waals surface area (Å²) in [4.78, 5) is 20.7. The third kappa shape index (κ3) is 9.68. The highest BCUT2D eigenvalue weighted by atomic mass is 127. The van der Waals surface area contributed by atoms with Crippen molar-refractivity contribution in [1.29, 1.82) is 0 Å². The number of carbonyl (C=O) groups is 1. The number of rotatable bonds is 7. The molecule has 1 aliphatic rings. The quantitative estimate of drug-likeness (QED) is 0.225. The minimum Gasteiger partial charge on any atom is -0.444 e. The molecular formula is C23H44IN7O2. The summed E-state index contributed by atoms with van der Waals surface area (Å²) in [5, 5.41) is 11.4. The Morgan fingerprint density at radius 3 is 2.36 bits per heavy atom. The van der Waals surface area contributed by atoms with Gasteiger partial charge in [-0.05, 0) is 66.5 Å². The molecule has 190 valence electrons. The van der Waals surface area contributed by atoms with Gasteiger partial charge in [-0.2, -0.15) is 5.10 Å². The first kappa shape index (κ1) is 29.5. The first-order valence-corrected chi connectivity index (χ1v) is 11.7. The van der Waals surface area contributed by atoms with Crippen molar-refractivity contribution in [3.63, 3.8) is 0 Å². The van der Waals surface area contributed by atoms with Crippen LogP contribution in [0.1, 0.15) is 51.1 Å². The molecule has 2 heterocycles. The highest BCUT2D eigenvalue weighted by molar-refractivity contribution is 14.0. The Bertz CT molecular complexity index is 781. The smallest absolute Gasteiger partial charge is 0.410 e. The molecule has 1 aromatic rings. The van der Waals surface area contributed by atoms with Crippen molar-refractivity contribution >= 4 is 36.0 Å². The zero-order chi connectivity index (χ0) is 23.9. The monoisotopic (exact) mass is 577 g/mol. The number of ether oxygens (including phenoxy) is 1. The zero-order valence-electron chi connectivity index (χ0n) is 21.7. The van der Waals surface area contributed by atoms with Crippen LogP contribution in [0.2, 0.25) is 0 Å². The van der Waals surface area contributed by atoms with Crippen LogP contribution in [0.3, 0.4) is 0 Å². The molecular weight excluding hydrogens is 533 g/mol. The van der Waals surface area contributed by atoms with E-state index in [1.165, 1.54) is 11.3 Å². The maximum Gasteiger partial charge on any atom is 0.410 e. The molecule has 1 aromatic heterocycles. The molecule has 1 amide bonds. The van der Waals surface area contributed by atoms with Crippen molar-refractivity contribution in [2.45, 2.75) is 66.0 Å². The highest BCUT2D eigenvalue weighted by Gasteiger charge is 2.25. The minimum absolute atomic E-state index is 0. The minimum atomic E-state index is -0.445. The van der Waals surface area contributed by atoms with Crippen molar-refractivity contribution in [3.05, 3.63) is 17.0 Å².